The summed E-state index contributed by atoms with van der Waals surface area (Å²) in [5.41, 5.74) is 0.470. The first-order chi connectivity index (χ1) is 8.45. The van der Waals surface area contributed by atoms with Crippen molar-refractivity contribution >= 4 is 5.69 Å². The van der Waals surface area contributed by atoms with E-state index in [9.17, 15) is 8.78 Å². The minimum absolute atomic E-state index is 0.0997. The molecule has 0 saturated heterocycles. The summed E-state index contributed by atoms with van der Waals surface area (Å²) in [7, 11) is 1.55. The van der Waals surface area contributed by atoms with Crippen LogP contribution in [0.3, 0.4) is 0 Å². The third-order valence-corrected chi connectivity index (χ3v) is 2.61. The van der Waals surface area contributed by atoms with Crippen molar-refractivity contribution in [2.45, 2.75) is 26.4 Å². The molecule has 0 atom stereocenters. The van der Waals surface area contributed by atoms with Crippen LogP contribution in [-0.4, -0.2) is 31.3 Å². The van der Waals surface area contributed by atoms with Crippen LogP contribution in [0, 0.1) is 11.6 Å². The SMILES string of the molecule is CC(C)NCc1cc(F)c(N(C)CCO)c(F)c1. The van der Waals surface area contributed by atoms with Gasteiger partial charge in [0.15, 0.2) is 0 Å². The fraction of sp³-hybridized carbons (Fsp3) is 0.538. The predicted molar refractivity (Wildman–Crippen MR) is 68.7 cm³/mol. The van der Waals surface area contributed by atoms with Crippen molar-refractivity contribution in [3.8, 4) is 0 Å². The first kappa shape index (κ1) is 14.9. The lowest BCUT2D eigenvalue weighted by Gasteiger charge is -2.20. The molecule has 0 radical (unpaired) electrons. The summed E-state index contributed by atoms with van der Waals surface area (Å²) in [6, 6.07) is 2.90. The first-order valence-corrected chi connectivity index (χ1v) is 5.99. The predicted octanol–water partition coefficient (Wildman–Crippen LogP) is 1.89. The molecule has 0 aromatic heterocycles. The van der Waals surface area contributed by atoms with Crippen LogP contribution >= 0.6 is 0 Å². The summed E-state index contributed by atoms with van der Waals surface area (Å²) in [4.78, 5) is 1.37. The summed E-state index contributed by atoms with van der Waals surface area (Å²) in [6.07, 6.45) is 0. The van der Waals surface area contributed by atoms with Gasteiger partial charge in [0, 0.05) is 26.2 Å². The Morgan fingerprint density at radius 2 is 1.83 bits per heavy atom. The summed E-state index contributed by atoms with van der Waals surface area (Å²) in [6.45, 7) is 4.41. The molecule has 5 heteroatoms. The highest BCUT2D eigenvalue weighted by atomic mass is 19.1. The van der Waals surface area contributed by atoms with E-state index in [2.05, 4.69) is 5.32 Å². The van der Waals surface area contributed by atoms with Crippen LogP contribution in [0.4, 0.5) is 14.5 Å². The molecule has 0 aliphatic rings. The minimum Gasteiger partial charge on any atom is -0.395 e. The minimum atomic E-state index is -0.605. The number of hydrogen-bond acceptors (Lipinski definition) is 3. The highest BCUT2D eigenvalue weighted by Crippen LogP contribution is 2.23. The van der Waals surface area contributed by atoms with E-state index in [-0.39, 0.29) is 24.9 Å². The molecule has 1 rings (SSSR count). The average molecular weight is 258 g/mol. The maximum atomic E-state index is 13.8. The third-order valence-electron chi connectivity index (χ3n) is 2.61. The van der Waals surface area contributed by atoms with Gasteiger partial charge in [0.05, 0.1) is 6.61 Å². The van der Waals surface area contributed by atoms with Gasteiger partial charge in [0.2, 0.25) is 0 Å². The smallest absolute Gasteiger partial charge is 0.149 e. The molecule has 0 heterocycles. The molecule has 0 unspecified atom stereocenters. The number of likely N-dealkylation sites (N-methyl/N-ethyl adjacent to an activating group) is 1. The molecule has 0 aliphatic carbocycles. The third kappa shape index (κ3) is 3.92. The Hall–Kier alpha value is -1.20. The Labute approximate surface area is 106 Å². The Balaban J connectivity index is 2.90. The summed E-state index contributed by atoms with van der Waals surface area (Å²) < 4.78 is 27.6. The van der Waals surface area contributed by atoms with E-state index in [0.29, 0.717) is 12.1 Å². The van der Waals surface area contributed by atoms with Crippen molar-refractivity contribution in [3.05, 3.63) is 29.3 Å². The van der Waals surface area contributed by atoms with Gasteiger partial charge in [-0.1, -0.05) is 13.8 Å². The molecule has 1 aromatic rings. The summed E-state index contributed by atoms with van der Waals surface area (Å²) >= 11 is 0. The van der Waals surface area contributed by atoms with Crippen LogP contribution in [-0.2, 0) is 6.54 Å². The second kappa shape index (κ2) is 6.66. The van der Waals surface area contributed by atoms with Crippen LogP contribution in [0.1, 0.15) is 19.4 Å². The van der Waals surface area contributed by atoms with Crippen molar-refractivity contribution in [3.63, 3.8) is 0 Å². The van der Waals surface area contributed by atoms with Crippen molar-refractivity contribution in [2.24, 2.45) is 0 Å². The van der Waals surface area contributed by atoms with Gasteiger partial charge < -0.3 is 15.3 Å². The zero-order valence-corrected chi connectivity index (χ0v) is 11.0. The number of benzene rings is 1. The lowest BCUT2D eigenvalue weighted by molar-refractivity contribution is 0.303. The Morgan fingerprint density at radius 1 is 1.28 bits per heavy atom. The van der Waals surface area contributed by atoms with Crippen molar-refractivity contribution in [1.29, 1.82) is 0 Å². The molecular weight excluding hydrogens is 238 g/mol. The van der Waals surface area contributed by atoms with E-state index in [1.54, 1.807) is 7.05 Å². The molecule has 1 aromatic carbocycles. The lowest BCUT2D eigenvalue weighted by Crippen LogP contribution is -2.25. The molecular formula is C13H20F2N2O. The number of anilines is 1. The fourth-order valence-corrected chi connectivity index (χ4v) is 1.67. The molecule has 0 bridgehead atoms. The molecule has 0 fully saturated rings. The number of aliphatic hydroxyl groups excluding tert-OH is 1. The lowest BCUT2D eigenvalue weighted by atomic mass is 10.1. The van der Waals surface area contributed by atoms with E-state index in [0.717, 1.165) is 0 Å². The van der Waals surface area contributed by atoms with Crippen molar-refractivity contribution < 1.29 is 13.9 Å². The molecule has 0 saturated carbocycles. The van der Waals surface area contributed by atoms with Gasteiger partial charge in [0.1, 0.15) is 17.3 Å². The number of aliphatic hydroxyl groups is 1. The van der Waals surface area contributed by atoms with Gasteiger partial charge >= 0.3 is 0 Å². The quantitative estimate of drug-likeness (QED) is 0.818. The van der Waals surface area contributed by atoms with Crippen LogP contribution in [0.2, 0.25) is 0 Å². The Morgan fingerprint density at radius 3 is 2.28 bits per heavy atom. The van der Waals surface area contributed by atoms with Gasteiger partial charge in [0.25, 0.3) is 0 Å². The van der Waals surface area contributed by atoms with Crippen LogP contribution < -0.4 is 10.2 Å². The molecule has 18 heavy (non-hydrogen) atoms. The molecule has 2 N–H and O–H groups in total. The van der Waals surface area contributed by atoms with Gasteiger partial charge in [-0.3, -0.25) is 0 Å². The average Bonchev–Trinajstić information content (AvgIpc) is 2.25. The Bertz CT molecular complexity index is 374. The van der Waals surface area contributed by atoms with Gasteiger partial charge in [-0.15, -0.1) is 0 Å². The number of nitrogens with zero attached hydrogens (tertiary/aromatic N) is 1. The fourth-order valence-electron chi connectivity index (χ4n) is 1.67. The zero-order chi connectivity index (χ0) is 13.7. The van der Waals surface area contributed by atoms with Crippen LogP contribution in [0.5, 0.6) is 0 Å². The summed E-state index contributed by atoms with van der Waals surface area (Å²) in [5, 5.41) is 11.9. The van der Waals surface area contributed by atoms with Crippen LogP contribution in [0.25, 0.3) is 0 Å². The van der Waals surface area contributed by atoms with Gasteiger partial charge in [-0.2, -0.15) is 0 Å². The number of nitrogens with one attached hydrogen (secondary N) is 1. The number of rotatable bonds is 6. The molecule has 0 aliphatic heterocycles. The maximum Gasteiger partial charge on any atom is 0.149 e. The van der Waals surface area contributed by atoms with Gasteiger partial charge in [-0.25, -0.2) is 8.78 Å². The highest BCUT2D eigenvalue weighted by molar-refractivity contribution is 5.50. The van der Waals surface area contributed by atoms with Crippen molar-refractivity contribution in [1.82, 2.24) is 5.32 Å². The van der Waals surface area contributed by atoms with Crippen LogP contribution in [0.15, 0.2) is 12.1 Å². The molecule has 0 amide bonds. The normalized spacial score (nSPS) is 11.1. The molecule has 0 spiro atoms. The second-order valence-electron chi connectivity index (χ2n) is 4.59. The van der Waals surface area contributed by atoms with Gasteiger partial charge in [-0.05, 0) is 17.7 Å². The highest BCUT2D eigenvalue weighted by Gasteiger charge is 2.15. The molecule has 102 valence electrons. The van der Waals surface area contributed by atoms with E-state index in [1.807, 2.05) is 13.8 Å². The summed E-state index contributed by atoms with van der Waals surface area (Å²) in [5.74, 6) is -1.21. The molecule has 3 nitrogen and oxygen atoms in total. The maximum absolute atomic E-state index is 13.8. The van der Waals surface area contributed by atoms with E-state index >= 15 is 0 Å². The Kier molecular flexibility index (Phi) is 5.50. The number of halogens is 2. The first-order valence-electron chi connectivity index (χ1n) is 5.99. The second-order valence-corrected chi connectivity index (χ2v) is 4.59. The van der Waals surface area contributed by atoms with E-state index in [1.165, 1.54) is 17.0 Å². The monoisotopic (exact) mass is 258 g/mol. The largest absolute Gasteiger partial charge is 0.395 e. The topological polar surface area (TPSA) is 35.5 Å². The van der Waals surface area contributed by atoms with Crippen molar-refractivity contribution in [2.75, 3.05) is 25.1 Å². The van der Waals surface area contributed by atoms with E-state index < -0.39 is 11.6 Å². The standard InChI is InChI=1S/C13H20F2N2O/c1-9(2)16-8-10-6-11(14)13(12(15)7-10)17(3)4-5-18/h6-7,9,16,18H,4-5,8H2,1-3H3. The van der Waals surface area contributed by atoms with E-state index in [4.69, 9.17) is 5.11 Å². The number of hydrogen-bond donors (Lipinski definition) is 2. The zero-order valence-electron chi connectivity index (χ0n) is 11.0.